The zero-order valence-corrected chi connectivity index (χ0v) is 35.4. The van der Waals surface area contributed by atoms with Gasteiger partial charge in [0, 0.05) is 65.8 Å². The van der Waals surface area contributed by atoms with E-state index in [1.807, 2.05) is 44.7 Å². The maximum Gasteiger partial charge on any atom is 0.152 e. The van der Waals surface area contributed by atoms with Gasteiger partial charge in [0.1, 0.15) is 30.1 Å². The molecule has 4 heterocycles. The van der Waals surface area contributed by atoms with Crippen molar-refractivity contribution in [1.29, 1.82) is 0 Å². The Kier molecular flexibility index (Phi) is 15.9. The molecule has 0 radical (unpaired) electrons. The number of hydrogen-bond donors (Lipinski definition) is 2. The Hall–Kier alpha value is -5.85. The first kappa shape index (κ1) is 44.3. The average molecular weight is 823 g/mol. The third-order valence-corrected chi connectivity index (χ3v) is 9.94. The number of allylic oxidation sites excluding steroid dienone is 5. The number of aldehydes is 1. The van der Waals surface area contributed by atoms with E-state index in [0.717, 1.165) is 78.7 Å². The molecule has 7 rings (SSSR count). The summed E-state index contributed by atoms with van der Waals surface area (Å²) in [5.74, 6) is 0.895. The van der Waals surface area contributed by atoms with E-state index in [0.29, 0.717) is 33.6 Å². The topological polar surface area (TPSA) is 106 Å². The van der Waals surface area contributed by atoms with Crippen LogP contribution in [0, 0.1) is 18.6 Å². The van der Waals surface area contributed by atoms with Crippen LogP contribution >= 0.6 is 11.6 Å². The molecule has 1 aliphatic heterocycles. The number of fused-ring (bicyclic) bond motifs is 2. The second kappa shape index (κ2) is 21.2. The first-order chi connectivity index (χ1) is 28.5. The van der Waals surface area contributed by atoms with Gasteiger partial charge in [-0.2, -0.15) is 5.10 Å². The summed E-state index contributed by atoms with van der Waals surface area (Å²) >= 11 is 5.82. The number of halogens is 3. The van der Waals surface area contributed by atoms with Crippen LogP contribution in [0.25, 0.3) is 21.9 Å². The van der Waals surface area contributed by atoms with E-state index in [1.165, 1.54) is 24.1 Å². The van der Waals surface area contributed by atoms with Crippen molar-refractivity contribution in [3.8, 4) is 0 Å². The van der Waals surface area contributed by atoms with Crippen LogP contribution in [0.15, 0.2) is 109 Å². The minimum atomic E-state index is -0.469. The number of aryl methyl sites for hydroxylation is 2. The Balaban J connectivity index is 0.000000344. The molecule has 1 aliphatic rings. The molecule has 0 saturated carbocycles. The molecule has 2 N–H and O–H groups in total. The molecule has 0 unspecified atom stereocenters. The largest absolute Gasteiger partial charge is 0.493 e. The SMILES string of the molecule is C=C(/C=C\C=C(/C)OCc1ccc(Cl)cc1F)C1=CCN(Cc2nc3cc(NC)ccc3n2Cc2cncn2CC)CC1.CCC.Cc1[nH]nc2c(F)cc(C=O)cc12. The number of hydrogen-bond acceptors (Lipinski definition) is 7. The third kappa shape index (κ3) is 11.6. The van der Waals surface area contributed by atoms with Gasteiger partial charge in [-0.15, -0.1) is 0 Å². The van der Waals surface area contributed by atoms with Crippen molar-refractivity contribution >= 4 is 45.5 Å². The van der Waals surface area contributed by atoms with Gasteiger partial charge in [0.25, 0.3) is 0 Å². The van der Waals surface area contributed by atoms with E-state index in [4.69, 9.17) is 21.3 Å². The van der Waals surface area contributed by atoms with E-state index >= 15 is 0 Å². The third-order valence-electron chi connectivity index (χ3n) is 9.71. The summed E-state index contributed by atoms with van der Waals surface area (Å²) < 4.78 is 37.4. The Morgan fingerprint density at radius 2 is 1.88 bits per heavy atom. The fraction of sp³-hybridized carbons (Fsp3) is 0.304. The van der Waals surface area contributed by atoms with E-state index in [9.17, 15) is 13.6 Å². The number of ether oxygens (including phenoxy) is 1. The van der Waals surface area contributed by atoms with Gasteiger partial charge in [-0.05, 0) is 86.9 Å². The normalized spacial score (nSPS) is 13.2. The first-order valence-electron chi connectivity index (χ1n) is 19.8. The molecule has 3 aromatic carbocycles. The number of nitrogens with zero attached hydrogens (tertiary/aromatic N) is 6. The standard InChI is InChI=1S/C34H38ClFN6O.C9H7FN2O.C3H8/c1-5-41-23-38-19-30(41)20-42-33-12-11-29(37-4)18-32(33)39-34(42)21-40-15-13-26(14-16-40)24(2)7-6-8-25(3)43-22-27-9-10-28(35)17-31(27)36;1-5-7-2-6(4-13)3-8(10)9(7)12-11-5;1-3-2/h6-13,17-19,23,37H,2,5,14-16,20-22H2,1,3-4H3;2-4H,1H3,(H,11,12);3H2,1-2H3/b7-6-,25-8+;;. The lowest BCUT2D eigenvalue weighted by Crippen LogP contribution is -2.30. The molecule has 10 nitrogen and oxygen atoms in total. The van der Waals surface area contributed by atoms with Gasteiger partial charge >= 0.3 is 0 Å². The number of anilines is 1. The monoisotopic (exact) mass is 822 g/mol. The average Bonchev–Trinajstić information content (AvgIpc) is 3.95. The summed E-state index contributed by atoms with van der Waals surface area (Å²) in [7, 11) is 1.93. The highest BCUT2D eigenvalue weighted by Gasteiger charge is 2.19. The maximum atomic E-state index is 14.0. The van der Waals surface area contributed by atoms with Crippen molar-refractivity contribution in [3.05, 3.63) is 154 Å². The molecular formula is C46H53ClF2N8O2. The first-order valence-corrected chi connectivity index (χ1v) is 20.1. The van der Waals surface area contributed by atoms with Crippen LogP contribution in [0.5, 0.6) is 0 Å². The van der Waals surface area contributed by atoms with Crippen molar-refractivity contribution < 1.29 is 18.3 Å². The molecule has 6 aromatic rings. The molecule has 0 fully saturated rings. The minimum Gasteiger partial charge on any atom is -0.493 e. The van der Waals surface area contributed by atoms with Crippen molar-refractivity contribution in [2.75, 3.05) is 25.5 Å². The molecule has 0 bridgehead atoms. The maximum absolute atomic E-state index is 14.0. The van der Waals surface area contributed by atoms with Crippen LogP contribution in [0.3, 0.4) is 0 Å². The Bertz CT molecular complexity index is 2480. The second-order valence-electron chi connectivity index (χ2n) is 14.2. The number of carbonyl (C=O) groups excluding carboxylic acids is 1. The summed E-state index contributed by atoms with van der Waals surface area (Å²) in [4.78, 5) is 22.3. The van der Waals surface area contributed by atoms with E-state index in [1.54, 1.807) is 25.1 Å². The highest BCUT2D eigenvalue weighted by atomic mass is 35.5. The van der Waals surface area contributed by atoms with Gasteiger partial charge in [-0.1, -0.05) is 62.7 Å². The van der Waals surface area contributed by atoms with Crippen LogP contribution in [0.4, 0.5) is 14.5 Å². The van der Waals surface area contributed by atoms with Crippen LogP contribution in [0.2, 0.25) is 5.02 Å². The fourth-order valence-corrected chi connectivity index (χ4v) is 6.64. The summed E-state index contributed by atoms with van der Waals surface area (Å²) in [6.07, 6.45) is 14.6. The number of rotatable bonds is 13. The predicted molar refractivity (Wildman–Crippen MR) is 235 cm³/mol. The summed E-state index contributed by atoms with van der Waals surface area (Å²) in [5, 5.41) is 10.7. The molecule has 310 valence electrons. The van der Waals surface area contributed by atoms with Gasteiger partial charge in [0.05, 0.1) is 41.9 Å². The molecule has 0 atom stereocenters. The zero-order chi connectivity index (χ0) is 42.5. The number of aromatic amines is 1. The number of H-pyrrole nitrogens is 1. The zero-order valence-electron chi connectivity index (χ0n) is 34.7. The Morgan fingerprint density at radius 3 is 2.58 bits per heavy atom. The molecule has 0 aliphatic carbocycles. The summed E-state index contributed by atoms with van der Waals surface area (Å²) in [6, 6.07) is 13.7. The van der Waals surface area contributed by atoms with Gasteiger partial charge in [0.15, 0.2) is 5.82 Å². The van der Waals surface area contributed by atoms with Gasteiger partial charge in [-0.3, -0.25) is 14.8 Å². The lowest BCUT2D eigenvalue weighted by molar-refractivity contribution is 0.112. The predicted octanol–water partition coefficient (Wildman–Crippen LogP) is 10.7. The molecule has 0 spiro atoms. The van der Waals surface area contributed by atoms with Crippen molar-refractivity contribution in [3.63, 3.8) is 0 Å². The molecule has 13 heteroatoms. The lowest BCUT2D eigenvalue weighted by atomic mass is 10.0. The highest BCUT2D eigenvalue weighted by Crippen LogP contribution is 2.26. The number of imidazole rings is 2. The van der Waals surface area contributed by atoms with Crippen molar-refractivity contribution in [2.45, 2.75) is 73.7 Å². The van der Waals surface area contributed by atoms with Crippen LogP contribution in [-0.4, -0.2) is 60.6 Å². The Labute approximate surface area is 350 Å². The molecule has 0 saturated heterocycles. The number of carbonyl (C=O) groups is 1. The highest BCUT2D eigenvalue weighted by molar-refractivity contribution is 6.30. The fourth-order valence-electron chi connectivity index (χ4n) is 6.48. The van der Waals surface area contributed by atoms with E-state index < -0.39 is 5.82 Å². The minimum absolute atomic E-state index is 0.147. The number of nitrogens with one attached hydrogen (secondary N) is 2. The van der Waals surface area contributed by atoms with Gasteiger partial charge < -0.3 is 19.2 Å². The summed E-state index contributed by atoms with van der Waals surface area (Å²) in [6.45, 7) is 18.5. The van der Waals surface area contributed by atoms with Crippen LogP contribution < -0.4 is 5.32 Å². The van der Waals surface area contributed by atoms with Crippen molar-refractivity contribution in [2.24, 2.45) is 0 Å². The lowest BCUT2D eigenvalue weighted by Gasteiger charge is -2.26. The quantitative estimate of drug-likeness (QED) is 0.0679. The molecular weight excluding hydrogens is 770 g/mol. The molecule has 59 heavy (non-hydrogen) atoms. The number of benzene rings is 3. The molecule has 3 aromatic heterocycles. The van der Waals surface area contributed by atoms with Gasteiger partial charge in [-0.25, -0.2) is 18.7 Å². The van der Waals surface area contributed by atoms with E-state index in [-0.39, 0.29) is 17.9 Å². The number of aromatic nitrogens is 6. The van der Waals surface area contributed by atoms with Gasteiger partial charge in [0.2, 0.25) is 0 Å². The second-order valence-corrected chi connectivity index (χ2v) is 14.6. The smallest absolute Gasteiger partial charge is 0.152 e. The van der Waals surface area contributed by atoms with E-state index in [2.05, 4.69) is 86.2 Å². The molecule has 0 amide bonds. The summed E-state index contributed by atoms with van der Waals surface area (Å²) in [5.41, 5.74) is 8.37. The van der Waals surface area contributed by atoms with Crippen LogP contribution in [-0.2, 0) is 31.0 Å². The van der Waals surface area contributed by atoms with Crippen molar-refractivity contribution in [1.82, 2.24) is 34.2 Å². The van der Waals surface area contributed by atoms with Crippen LogP contribution in [0.1, 0.15) is 73.7 Å². The Morgan fingerprint density at radius 1 is 1.08 bits per heavy atom.